The molecule has 0 unspecified atom stereocenters. The standard InChI is InChI=1S/C18H15ClN4O6S/c1-10-13(7-20)17(24)22(12-4-5-30(28,29)9-12)18(25)14(10)8-21-11-2-3-15(19)16(6-11)23(26)27/h2-3,6,8,12,25H,4-5,9H2,1H3/t12-/m0/s1. The number of halogens is 1. The third-order valence-electron chi connectivity index (χ3n) is 4.84. The fourth-order valence-corrected chi connectivity index (χ4v) is 5.16. The minimum absolute atomic E-state index is 0.0352. The van der Waals surface area contributed by atoms with Crippen molar-refractivity contribution in [2.45, 2.75) is 19.4 Å². The van der Waals surface area contributed by atoms with Gasteiger partial charge in [-0.25, -0.2) is 8.42 Å². The van der Waals surface area contributed by atoms with Gasteiger partial charge in [-0.3, -0.25) is 24.5 Å². The summed E-state index contributed by atoms with van der Waals surface area (Å²) in [5, 5.41) is 31.1. The Morgan fingerprint density at radius 3 is 2.73 bits per heavy atom. The summed E-state index contributed by atoms with van der Waals surface area (Å²) < 4.78 is 24.5. The fraction of sp³-hybridized carbons (Fsp3) is 0.278. The fourth-order valence-electron chi connectivity index (χ4n) is 3.27. The van der Waals surface area contributed by atoms with Crippen LogP contribution in [0.25, 0.3) is 0 Å². The molecule has 1 fully saturated rings. The topological polar surface area (TPSA) is 156 Å². The Kier molecular flexibility index (Phi) is 5.65. The molecule has 1 aromatic heterocycles. The molecule has 12 heteroatoms. The summed E-state index contributed by atoms with van der Waals surface area (Å²) in [6, 6.07) is 4.83. The lowest BCUT2D eigenvalue weighted by Crippen LogP contribution is -2.29. The first kappa shape index (κ1) is 21.5. The van der Waals surface area contributed by atoms with Gasteiger partial charge in [0.1, 0.15) is 16.7 Å². The number of nitro benzene ring substituents is 1. The number of hydrogen-bond donors (Lipinski definition) is 1. The average Bonchev–Trinajstić information content (AvgIpc) is 3.02. The first-order chi connectivity index (χ1) is 14.1. The van der Waals surface area contributed by atoms with Crippen LogP contribution in [0.5, 0.6) is 5.88 Å². The minimum atomic E-state index is -3.36. The third-order valence-corrected chi connectivity index (χ3v) is 6.91. The van der Waals surface area contributed by atoms with E-state index in [1.165, 1.54) is 19.1 Å². The summed E-state index contributed by atoms with van der Waals surface area (Å²) in [6.07, 6.45) is 1.29. The Morgan fingerprint density at radius 2 is 2.17 bits per heavy atom. The maximum Gasteiger partial charge on any atom is 0.290 e. The number of aromatic nitrogens is 1. The van der Waals surface area contributed by atoms with Crippen molar-refractivity contribution in [3.05, 3.63) is 60.4 Å². The van der Waals surface area contributed by atoms with Crippen LogP contribution >= 0.6 is 11.6 Å². The van der Waals surface area contributed by atoms with Crippen LogP contribution in [-0.4, -0.2) is 40.7 Å². The number of aliphatic imine (C=N–C) groups is 1. The summed E-state index contributed by atoms with van der Waals surface area (Å²) in [7, 11) is -3.36. The van der Waals surface area contributed by atoms with E-state index in [9.17, 15) is 33.7 Å². The van der Waals surface area contributed by atoms with E-state index in [2.05, 4.69) is 4.99 Å². The molecule has 1 aliphatic rings. The van der Waals surface area contributed by atoms with Crippen LogP contribution in [0, 0.1) is 28.4 Å². The van der Waals surface area contributed by atoms with Crippen LogP contribution in [0.15, 0.2) is 28.0 Å². The summed E-state index contributed by atoms with van der Waals surface area (Å²) in [5.74, 6) is -0.975. The van der Waals surface area contributed by atoms with Crippen LogP contribution in [0.4, 0.5) is 11.4 Å². The predicted molar refractivity (Wildman–Crippen MR) is 109 cm³/mol. The number of nitrogens with zero attached hydrogens (tertiary/aromatic N) is 4. The van der Waals surface area contributed by atoms with E-state index in [1.54, 1.807) is 6.07 Å². The van der Waals surface area contributed by atoms with Crippen LogP contribution in [0.1, 0.15) is 29.2 Å². The highest BCUT2D eigenvalue weighted by atomic mass is 35.5. The zero-order valence-electron chi connectivity index (χ0n) is 15.6. The molecule has 30 heavy (non-hydrogen) atoms. The van der Waals surface area contributed by atoms with Gasteiger partial charge in [-0.15, -0.1) is 0 Å². The van der Waals surface area contributed by atoms with Crippen molar-refractivity contribution in [1.29, 1.82) is 5.26 Å². The van der Waals surface area contributed by atoms with E-state index >= 15 is 0 Å². The Morgan fingerprint density at radius 1 is 1.47 bits per heavy atom. The van der Waals surface area contributed by atoms with E-state index in [0.29, 0.717) is 0 Å². The SMILES string of the molecule is Cc1c(C=Nc2ccc(Cl)c([N+](=O)[O-])c2)c(O)n([C@H]2CCS(=O)(=O)C2)c(=O)c1C#N. The van der Waals surface area contributed by atoms with Gasteiger partial charge < -0.3 is 5.11 Å². The second kappa shape index (κ2) is 7.89. The molecule has 0 aliphatic carbocycles. The molecule has 2 heterocycles. The van der Waals surface area contributed by atoms with Gasteiger partial charge in [-0.1, -0.05) is 11.6 Å². The van der Waals surface area contributed by atoms with Crippen LogP contribution < -0.4 is 5.56 Å². The van der Waals surface area contributed by atoms with E-state index in [4.69, 9.17) is 11.6 Å². The molecular formula is C18H15ClN4O6S. The normalized spacial score (nSPS) is 17.8. The molecule has 1 aromatic carbocycles. The van der Waals surface area contributed by atoms with Crippen LogP contribution in [0.2, 0.25) is 5.02 Å². The van der Waals surface area contributed by atoms with Gasteiger partial charge in [-0.05, 0) is 31.0 Å². The number of sulfone groups is 1. The quantitative estimate of drug-likeness (QED) is 0.425. The van der Waals surface area contributed by atoms with Crippen molar-refractivity contribution in [1.82, 2.24) is 4.57 Å². The lowest BCUT2D eigenvalue weighted by molar-refractivity contribution is -0.384. The van der Waals surface area contributed by atoms with Crippen molar-refractivity contribution in [2.24, 2.45) is 4.99 Å². The number of benzene rings is 1. The van der Waals surface area contributed by atoms with Gasteiger partial charge in [0.15, 0.2) is 9.84 Å². The molecule has 0 bridgehead atoms. The number of pyridine rings is 1. The van der Waals surface area contributed by atoms with Crippen molar-refractivity contribution >= 4 is 39.0 Å². The van der Waals surface area contributed by atoms with E-state index < -0.39 is 32.2 Å². The Balaban J connectivity index is 2.14. The molecular weight excluding hydrogens is 436 g/mol. The molecule has 10 nitrogen and oxygen atoms in total. The molecule has 0 radical (unpaired) electrons. The highest BCUT2D eigenvalue weighted by molar-refractivity contribution is 7.91. The predicted octanol–water partition coefficient (Wildman–Crippen LogP) is 2.41. The van der Waals surface area contributed by atoms with Crippen molar-refractivity contribution in [3.8, 4) is 11.9 Å². The molecule has 3 rings (SSSR count). The van der Waals surface area contributed by atoms with Crippen LogP contribution in [0.3, 0.4) is 0 Å². The minimum Gasteiger partial charge on any atom is -0.494 e. The van der Waals surface area contributed by atoms with Gasteiger partial charge in [0.05, 0.1) is 33.7 Å². The molecule has 0 saturated carbocycles. The van der Waals surface area contributed by atoms with E-state index in [1.807, 2.05) is 0 Å². The van der Waals surface area contributed by atoms with Crippen molar-refractivity contribution < 1.29 is 18.4 Å². The third kappa shape index (κ3) is 3.92. The number of aromatic hydroxyl groups is 1. The van der Waals surface area contributed by atoms with E-state index in [-0.39, 0.29) is 51.0 Å². The molecule has 1 saturated heterocycles. The highest BCUT2D eigenvalue weighted by Gasteiger charge is 2.33. The van der Waals surface area contributed by atoms with Crippen molar-refractivity contribution in [2.75, 3.05) is 11.5 Å². The average molecular weight is 451 g/mol. The maximum absolute atomic E-state index is 12.7. The molecule has 2 aromatic rings. The van der Waals surface area contributed by atoms with Gasteiger partial charge in [0.25, 0.3) is 11.2 Å². The summed E-state index contributed by atoms with van der Waals surface area (Å²) in [5.41, 5.74) is -1.04. The Labute approximate surface area is 175 Å². The second-order valence-corrected chi connectivity index (χ2v) is 9.37. The first-order valence-electron chi connectivity index (χ1n) is 8.62. The van der Waals surface area contributed by atoms with Gasteiger partial charge in [-0.2, -0.15) is 5.26 Å². The Hall–Kier alpha value is -3.23. The number of nitro groups is 1. The number of nitriles is 1. The smallest absolute Gasteiger partial charge is 0.290 e. The summed E-state index contributed by atoms with van der Waals surface area (Å²) >= 11 is 5.78. The van der Waals surface area contributed by atoms with Gasteiger partial charge >= 0.3 is 0 Å². The molecule has 1 atom stereocenters. The lowest BCUT2D eigenvalue weighted by atomic mass is 10.0. The van der Waals surface area contributed by atoms with Gasteiger partial charge in [0, 0.05) is 12.3 Å². The lowest BCUT2D eigenvalue weighted by Gasteiger charge is -2.18. The zero-order chi connectivity index (χ0) is 22.2. The first-order valence-corrected chi connectivity index (χ1v) is 10.8. The monoisotopic (exact) mass is 450 g/mol. The zero-order valence-corrected chi connectivity index (χ0v) is 17.1. The molecule has 0 amide bonds. The Bertz CT molecular complexity index is 1290. The molecule has 1 aliphatic heterocycles. The molecule has 1 N–H and O–H groups in total. The summed E-state index contributed by atoms with van der Waals surface area (Å²) in [6.45, 7) is 1.45. The van der Waals surface area contributed by atoms with Crippen LogP contribution in [-0.2, 0) is 9.84 Å². The number of rotatable bonds is 4. The largest absolute Gasteiger partial charge is 0.494 e. The van der Waals surface area contributed by atoms with Crippen molar-refractivity contribution in [3.63, 3.8) is 0 Å². The second-order valence-electron chi connectivity index (χ2n) is 6.73. The van der Waals surface area contributed by atoms with E-state index in [0.717, 1.165) is 16.8 Å². The highest BCUT2D eigenvalue weighted by Crippen LogP contribution is 2.31. The summed E-state index contributed by atoms with van der Waals surface area (Å²) in [4.78, 5) is 27.1. The number of hydrogen-bond acceptors (Lipinski definition) is 8. The van der Waals surface area contributed by atoms with Gasteiger partial charge in [0.2, 0.25) is 5.88 Å². The maximum atomic E-state index is 12.7. The molecule has 0 spiro atoms. The molecule has 156 valence electrons.